The van der Waals surface area contributed by atoms with Gasteiger partial charge in [-0.15, -0.1) is 0 Å². The zero-order valence-corrected chi connectivity index (χ0v) is 21.2. The monoisotopic (exact) mass is 450 g/mol. The van der Waals surface area contributed by atoms with Gasteiger partial charge in [0.1, 0.15) is 12.4 Å². The Kier molecular flexibility index (Phi) is 7.51. The number of hydrogen-bond donors (Lipinski definition) is 1. The maximum atomic E-state index is 13.0. The van der Waals surface area contributed by atoms with Crippen molar-refractivity contribution in [1.82, 2.24) is 0 Å². The molecule has 5 nitrogen and oxygen atoms in total. The zero-order valence-electron chi connectivity index (χ0n) is 21.2. The van der Waals surface area contributed by atoms with Crippen molar-refractivity contribution < 1.29 is 14.3 Å². The number of hydrogen-bond acceptors (Lipinski definition) is 4. The molecule has 2 aromatic carbocycles. The molecule has 0 bridgehead atoms. The molecule has 1 aliphatic heterocycles. The number of ether oxygens (including phenoxy) is 2. The lowest BCUT2D eigenvalue weighted by Crippen LogP contribution is -2.31. The Balaban J connectivity index is 1.55. The summed E-state index contributed by atoms with van der Waals surface area (Å²) in [6, 6.07) is 12.2. The summed E-state index contributed by atoms with van der Waals surface area (Å²) < 4.78 is 11.7. The number of nitrogens with one attached hydrogen (secondary N) is 1. The minimum atomic E-state index is -0.501. The maximum absolute atomic E-state index is 13.0. The number of anilines is 1. The molecule has 3 rings (SSSR count). The highest BCUT2D eigenvalue weighted by atomic mass is 16.5. The highest BCUT2D eigenvalue weighted by Gasteiger charge is 2.28. The van der Waals surface area contributed by atoms with Gasteiger partial charge in [-0.2, -0.15) is 0 Å². The normalized spacial score (nSPS) is 15.1. The third-order valence-corrected chi connectivity index (χ3v) is 6.13. The Bertz CT molecular complexity index is 1040. The van der Waals surface area contributed by atoms with Crippen LogP contribution in [0.4, 0.5) is 5.69 Å². The van der Waals surface area contributed by atoms with Crippen molar-refractivity contribution in [2.45, 2.75) is 73.3 Å². The van der Waals surface area contributed by atoms with E-state index in [9.17, 15) is 4.79 Å². The fourth-order valence-electron chi connectivity index (χ4n) is 3.83. The van der Waals surface area contributed by atoms with Gasteiger partial charge < -0.3 is 14.8 Å². The van der Waals surface area contributed by atoms with Crippen molar-refractivity contribution in [3.05, 3.63) is 58.7 Å². The molecule has 2 aromatic rings. The summed E-state index contributed by atoms with van der Waals surface area (Å²) in [7, 11) is 0. The van der Waals surface area contributed by atoms with Gasteiger partial charge in [-0.1, -0.05) is 32.0 Å². The van der Waals surface area contributed by atoms with Crippen molar-refractivity contribution >= 4 is 17.5 Å². The fraction of sp³-hybridized carbons (Fsp3) is 0.500. The quantitative estimate of drug-likeness (QED) is 0.464. The van der Waals surface area contributed by atoms with Crippen LogP contribution >= 0.6 is 0 Å². The Labute approximate surface area is 198 Å². The van der Waals surface area contributed by atoms with E-state index in [0.29, 0.717) is 19.6 Å². The fourth-order valence-corrected chi connectivity index (χ4v) is 3.83. The summed E-state index contributed by atoms with van der Waals surface area (Å²) >= 11 is 0. The second kappa shape index (κ2) is 9.98. The Morgan fingerprint density at radius 2 is 1.85 bits per heavy atom. The first-order chi connectivity index (χ1) is 15.4. The third kappa shape index (κ3) is 6.83. The zero-order chi connectivity index (χ0) is 24.2. The van der Waals surface area contributed by atoms with Crippen LogP contribution in [-0.2, 0) is 16.0 Å². The van der Waals surface area contributed by atoms with Crippen LogP contribution in [0, 0.1) is 26.2 Å². The lowest BCUT2D eigenvalue weighted by molar-refractivity contribution is -0.124. The van der Waals surface area contributed by atoms with E-state index in [2.05, 4.69) is 56.2 Å². The predicted octanol–water partition coefficient (Wildman–Crippen LogP) is 6.19. The molecule has 0 spiro atoms. The van der Waals surface area contributed by atoms with Crippen LogP contribution in [0.3, 0.4) is 0 Å². The Morgan fingerprint density at radius 1 is 1.12 bits per heavy atom. The van der Waals surface area contributed by atoms with Gasteiger partial charge in [-0.05, 0) is 87.9 Å². The predicted molar refractivity (Wildman–Crippen MR) is 135 cm³/mol. The van der Waals surface area contributed by atoms with E-state index >= 15 is 0 Å². The van der Waals surface area contributed by atoms with Crippen molar-refractivity contribution in [3.63, 3.8) is 0 Å². The van der Waals surface area contributed by atoms with Crippen molar-refractivity contribution in [2.75, 3.05) is 18.5 Å². The number of aliphatic imine (C=N–C) groups is 1. The average Bonchev–Trinajstić information content (AvgIpc) is 3.08. The molecule has 5 heteroatoms. The van der Waals surface area contributed by atoms with Crippen LogP contribution in [0.1, 0.15) is 62.8 Å². The van der Waals surface area contributed by atoms with E-state index in [-0.39, 0.29) is 11.4 Å². The molecule has 33 heavy (non-hydrogen) atoms. The molecular weight excluding hydrogens is 412 g/mol. The van der Waals surface area contributed by atoms with Gasteiger partial charge in [0.15, 0.2) is 5.90 Å². The summed E-state index contributed by atoms with van der Waals surface area (Å²) in [6.45, 7) is 15.5. The second-order valence-corrected chi connectivity index (χ2v) is 10.5. The van der Waals surface area contributed by atoms with Crippen LogP contribution in [0.15, 0.2) is 41.4 Å². The van der Waals surface area contributed by atoms with Crippen LogP contribution < -0.4 is 10.1 Å². The lowest BCUT2D eigenvalue weighted by atomic mass is 9.86. The minimum absolute atomic E-state index is 0.0135. The van der Waals surface area contributed by atoms with Crippen molar-refractivity contribution in [1.29, 1.82) is 0 Å². The molecule has 1 amide bonds. The topological polar surface area (TPSA) is 59.9 Å². The van der Waals surface area contributed by atoms with Gasteiger partial charge >= 0.3 is 0 Å². The molecule has 1 heterocycles. The number of carbonyl (C=O) groups is 1. The largest absolute Gasteiger partial charge is 0.493 e. The van der Waals surface area contributed by atoms with E-state index in [0.717, 1.165) is 46.9 Å². The van der Waals surface area contributed by atoms with E-state index in [1.165, 1.54) is 5.56 Å². The van der Waals surface area contributed by atoms with Crippen molar-refractivity contribution in [3.8, 4) is 5.75 Å². The average molecular weight is 451 g/mol. The number of nitrogens with zero attached hydrogens (tertiary/aromatic N) is 1. The molecule has 178 valence electrons. The van der Waals surface area contributed by atoms with E-state index in [4.69, 9.17) is 9.47 Å². The van der Waals surface area contributed by atoms with Gasteiger partial charge in [0.05, 0.1) is 12.1 Å². The van der Waals surface area contributed by atoms with Gasteiger partial charge in [0.2, 0.25) is 5.91 Å². The molecule has 0 saturated carbocycles. The van der Waals surface area contributed by atoms with Crippen LogP contribution in [-0.4, -0.2) is 30.6 Å². The summed E-state index contributed by atoms with van der Waals surface area (Å²) in [5.74, 6) is 1.69. The van der Waals surface area contributed by atoms with Crippen LogP contribution in [0.2, 0.25) is 0 Å². The first kappa shape index (κ1) is 24.8. The molecule has 0 unspecified atom stereocenters. The molecule has 0 atom stereocenters. The first-order valence-electron chi connectivity index (χ1n) is 11.8. The molecule has 0 aromatic heterocycles. The van der Waals surface area contributed by atoms with Crippen LogP contribution in [0.5, 0.6) is 5.75 Å². The molecule has 0 fully saturated rings. The Morgan fingerprint density at radius 3 is 2.55 bits per heavy atom. The van der Waals surface area contributed by atoms with Crippen molar-refractivity contribution in [2.24, 2.45) is 10.4 Å². The first-order valence-corrected chi connectivity index (χ1v) is 11.8. The minimum Gasteiger partial charge on any atom is -0.493 e. The molecule has 1 aliphatic rings. The second-order valence-electron chi connectivity index (χ2n) is 10.5. The maximum Gasteiger partial charge on any atom is 0.230 e. The summed E-state index contributed by atoms with van der Waals surface area (Å²) in [5.41, 5.74) is 4.72. The summed E-state index contributed by atoms with van der Waals surface area (Å²) in [4.78, 5) is 17.7. The molecule has 1 N–H and O–H groups in total. The number of amides is 1. The number of benzene rings is 2. The van der Waals surface area contributed by atoms with Gasteiger partial charge in [-0.25, -0.2) is 4.99 Å². The molecule has 0 saturated heterocycles. The van der Waals surface area contributed by atoms with Gasteiger partial charge in [0.25, 0.3) is 0 Å². The third-order valence-electron chi connectivity index (χ3n) is 6.13. The molecule has 0 aliphatic carbocycles. The SMILES string of the molecule is Cc1ccc(C)c(OCCCC(C)(C)C(=O)Nc2ccc(C)c(CC3=NC(C)(C)CO3)c2)c1. The standard InChI is InChI=1S/C28H38N2O3/c1-19-9-10-21(3)24(15-19)32-14-8-13-27(4,5)26(31)29-23-12-11-20(2)22(16-23)17-25-30-28(6,7)18-33-25/h9-12,15-16H,8,13-14,17-18H2,1-7H3,(H,29,31). The lowest BCUT2D eigenvalue weighted by Gasteiger charge is -2.24. The summed E-state index contributed by atoms with van der Waals surface area (Å²) in [5, 5.41) is 3.11. The summed E-state index contributed by atoms with van der Waals surface area (Å²) in [6.07, 6.45) is 2.18. The van der Waals surface area contributed by atoms with E-state index < -0.39 is 5.41 Å². The van der Waals surface area contributed by atoms with Crippen LogP contribution in [0.25, 0.3) is 0 Å². The number of carbonyl (C=O) groups excluding carboxylic acids is 1. The smallest absolute Gasteiger partial charge is 0.230 e. The highest BCUT2D eigenvalue weighted by molar-refractivity contribution is 5.95. The molecule has 0 radical (unpaired) electrons. The highest BCUT2D eigenvalue weighted by Crippen LogP contribution is 2.27. The van der Waals surface area contributed by atoms with E-state index in [1.54, 1.807) is 0 Å². The van der Waals surface area contributed by atoms with Gasteiger partial charge in [-0.3, -0.25) is 4.79 Å². The number of rotatable bonds is 9. The molecular formula is C28H38N2O3. The number of aryl methyl sites for hydroxylation is 3. The van der Waals surface area contributed by atoms with E-state index in [1.807, 2.05) is 39.0 Å². The van der Waals surface area contributed by atoms with Gasteiger partial charge in [0, 0.05) is 17.5 Å². The Hall–Kier alpha value is -2.82.